The van der Waals surface area contributed by atoms with Crippen LogP contribution < -0.4 is 0 Å². The fraction of sp³-hybridized carbons (Fsp3) is 0.516. The van der Waals surface area contributed by atoms with Gasteiger partial charge in [0.2, 0.25) is 0 Å². The molecule has 0 aromatic heterocycles. The molecule has 0 radical (unpaired) electrons. The molecule has 7 rings (SSSR count). The number of hydrogen-bond donors (Lipinski definition) is 4. The van der Waals surface area contributed by atoms with Crippen molar-refractivity contribution >= 4 is 17.3 Å². The highest BCUT2D eigenvalue weighted by Gasteiger charge is 2.55. The number of aromatic hydroxyl groups is 2. The van der Waals surface area contributed by atoms with Gasteiger partial charge in [0, 0.05) is 61.2 Å². The Hall–Kier alpha value is -3.27. The van der Waals surface area contributed by atoms with Crippen LogP contribution in [0.4, 0.5) is 0 Å². The zero-order chi connectivity index (χ0) is 31.1. The van der Waals surface area contributed by atoms with Crippen LogP contribution in [0.2, 0.25) is 0 Å². The minimum absolute atomic E-state index is 0.0260. The molecule has 0 bridgehead atoms. The number of carbonyl (C=O) groups excluding carboxylic acids is 3. The molecule has 13 heteroatoms. The molecule has 5 aliphatic rings. The molecule has 0 spiro atoms. The molecule has 2 aliphatic carbocycles. The second-order valence-corrected chi connectivity index (χ2v) is 11.9. The third kappa shape index (κ3) is 4.26. The van der Waals surface area contributed by atoms with E-state index in [0.29, 0.717) is 19.6 Å². The molecule has 3 fully saturated rings. The summed E-state index contributed by atoms with van der Waals surface area (Å²) in [5.74, 6) is -3.48. The number of nitrogens with zero attached hydrogens (tertiary/aromatic N) is 1. The Labute approximate surface area is 251 Å². The lowest BCUT2D eigenvalue weighted by Crippen LogP contribution is -2.55. The zero-order valence-corrected chi connectivity index (χ0v) is 24.1. The van der Waals surface area contributed by atoms with E-state index in [1.54, 1.807) is 12.1 Å². The molecule has 13 nitrogen and oxygen atoms in total. The quantitative estimate of drug-likeness (QED) is 0.296. The Balaban J connectivity index is 1.28. The summed E-state index contributed by atoms with van der Waals surface area (Å²) >= 11 is 0. The number of ether oxygens (including phenoxy) is 5. The number of fused-ring (bicyclic) bond motifs is 6. The maximum Gasteiger partial charge on any atom is 0.198 e. The zero-order valence-electron chi connectivity index (χ0n) is 24.1. The first-order valence-electron chi connectivity index (χ1n) is 14.6. The van der Waals surface area contributed by atoms with E-state index < -0.39 is 90.5 Å². The first kappa shape index (κ1) is 29.4. The Bertz CT molecular complexity index is 1560. The van der Waals surface area contributed by atoms with Crippen LogP contribution in [0.3, 0.4) is 0 Å². The summed E-state index contributed by atoms with van der Waals surface area (Å²) in [5, 5.41) is 44.2. The van der Waals surface area contributed by atoms with Crippen LogP contribution in [0.25, 0.3) is 0 Å². The summed E-state index contributed by atoms with van der Waals surface area (Å²) in [7, 11) is 1.54. The number of phenolic OH excluding ortho intramolecular Hbond substituents is 2. The van der Waals surface area contributed by atoms with E-state index >= 15 is 0 Å². The molecule has 8 atom stereocenters. The second kappa shape index (κ2) is 10.7. The van der Waals surface area contributed by atoms with Crippen LogP contribution in [-0.2, 0) is 34.9 Å². The normalized spacial score (nSPS) is 34.5. The minimum Gasteiger partial charge on any atom is -0.507 e. The molecule has 4 N–H and O–H groups in total. The number of aliphatic hydroxyl groups is 2. The van der Waals surface area contributed by atoms with Gasteiger partial charge in [0.1, 0.15) is 29.8 Å². The van der Waals surface area contributed by atoms with E-state index in [1.807, 2.05) is 6.92 Å². The largest absolute Gasteiger partial charge is 0.507 e. The van der Waals surface area contributed by atoms with Crippen molar-refractivity contribution in [1.82, 2.24) is 4.90 Å². The highest BCUT2D eigenvalue weighted by Crippen LogP contribution is 2.52. The number of rotatable bonds is 5. The molecule has 2 aromatic carbocycles. The Kier molecular flexibility index (Phi) is 7.14. The van der Waals surface area contributed by atoms with E-state index in [1.165, 1.54) is 19.2 Å². The summed E-state index contributed by atoms with van der Waals surface area (Å²) in [6.07, 6.45) is -4.61. The van der Waals surface area contributed by atoms with E-state index in [4.69, 9.17) is 23.7 Å². The average molecular weight is 612 g/mol. The molecule has 0 amide bonds. The smallest absolute Gasteiger partial charge is 0.198 e. The van der Waals surface area contributed by atoms with E-state index in [0.717, 1.165) is 0 Å². The predicted octanol–water partition coefficient (Wildman–Crippen LogP) is 0.703. The molecule has 44 heavy (non-hydrogen) atoms. The van der Waals surface area contributed by atoms with Gasteiger partial charge in [0.05, 0.1) is 29.9 Å². The topological polar surface area (TPSA) is 182 Å². The van der Waals surface area contributed by atoms with Crippen molar-refractivity contribution in [2.45, 2.75) is 74.9 Å². The highest BCUT2D eigenvalue weighted by atomic mass is 16.7. The van der Waals surface area contributed by atoms with Crippen molar-refractivity contribution in [3.8, 4) is 11.5 Å². The van der Waals surface area contributed by atoms with Crippen molar-refractivity contribution < 1.29 is 58.5 Å². The molecule has 0 saturated carbocycles. The number of ketones is 3. The van der Waals surface area contributed by atoms with Gasteiger partial charge in [-0.05, 0) is 6.92 Å². The number of carbonyl (C=O) groups is 3. The molecular weight excluding hydrogens is 578 g/mol. The average Bonchev–Trinajstić information content (AvgIpc) is 3.40. The fourth-order valence-electron chi connectivity index (χ4n) is 7.45. The summed E-state index contributed by atoms with van der Waals surface area (Å²) < 4.78 is 30.0. The lowest BCUT2D eigenvalue weighted by Gasteiger charge is -2.43. The second-order valence-electron chi connectivity index (χ2n) is 11.9. The van der Waals surface area contributed by atoms with Gasteiger partial charge >= 0.3 is 0 Å². The predicted molar refractivity (Wildman–Crippen MR) is 147 cm³/mol. The van der Waals surface area contributed by atoms with Crippen molar-refractivity contribution in [2.75, 3.05) is 26.9 Å². The first-order chi connectivity index (χ1) is 21.1. The first-order valence-corrected chi connectivity index (χ1v) is 14.6. The third-order valence-electron chi connectivity index (χ3n) is 9.54. The number of phenols is 2. The highest BCUT2D eigenvalue weighted by molar-refractivity contribution is 6.30. The van der Waals surface area contributed by atoms with Crippen LogP contribution in [-0.4, -0.2) is 112 Å². The third-order valence-corrected chi connectivity index (χ3v) is 9.54. The van der Waals surface area contributed by atoms with Gasteiger partial charge in [0.15, 0.2) is 36.2 Å². The molecule has 8 unspecified atom stereocenters. The summed E-state index contributed by atoms with van der Waals surface area (Å²) in [6.45, 7) is 1.86. The summed E-state index contributed by atoms with van der Waals surface area (Å²) in [6, 6.07) is 5.92. The fourth-order valence-corrected chi connectivity index (χ4v) is 7.45. The van der Waals surface area contributed by atoms with Crippen molar-refractivity contribution in [1.29, 1.82) is 0 Å². The monoisotopic (exact) mass is 611 g/mol. The van der Waals surface area contributed by atoms with Crippen LogP contribution >= 0.6 is 0 Å². The van der Waals surface area contributed by atoms with E-state index in [9.17, 15) is 34.8 Å². The molecule has 234 valence electrons. The van der Waals surface area contributed by atoms with Gasteiger partial charge in [-0.3, -0.25) is 19.3 Å². The summed E-state index contributed by atoms with van der Waals surface area (Å²) in [5.41, 5.74) is -3.01. The van der Waals surface area contributed by atoms with Gasteiger partial charge in [0.25, 0.3) is 0 Å². The maximum absolute atomic E-state index is 13.6. The minimum atomic E-state index is -2.20. The number of hydrogen-bond acceptors (Lipinski definition) is 13. The number of methoxy groups -OCH3 is 1. The van der Waals surface area contributed by atoms with Crippen molar-refractivity contribution in [2.24, 2.45) is 0 Å². The standard InChI is InChI=1S/C31H33NO12/c1-13-28-17(32-7-8-41-30(40-2)29(32)44-28)9-20(42-13)43-18-11-31(39,19(34)12-33)10-16-21(18)27(38)23-22(26(16)37)24(35)14-5-3-4-6-15(14)25(23)36/h3-6,13,17-18,20,28-30,33,37-39H,7-12H2,1-2H3. The lowest BCUT2D eigenvalue weighted by molar-refractivity contribution is -0.256. The SMILES string of the molecule is COC1OCCN2C3CC(OC4CC(O)(C(=O)CO)Cc5c(O)c6c(c(O)c54)C(=O)c4ccccc4C6=O)OC(C)C3OC12. The van der Waals surface area contributed by atoms with Crippen LogP contribution in [0.1, 0.15) is 68.8 Å². The number of aliphatic hydroxyl groups excluding tert-OH is 1. The van der Waals surface area contributed by atoms with E-state index in [2.05, 4.69) is 4.90 Å². The molecule has 2 aromatic rings. The maximum atomic E-state index is 13.6. The number of morpholine rings is 1. The van der Waals surface area contributed by atoms with Crippen LogP contribution in [0, 0.1) is 0 Å². The van der Waals surface area contributed by atoms with E-state index in [-0.39, 0.29) is 40.0 Å². The molecular formula is C31H33NO12. The van der Waals surface area contributed by atoms with Gasteiger partial charge < -0.3 is 44.1 Å². The molecule has 3 saturated heterocycles. The summed E-state index contributed by atoms with van der Waals surface area (Å²) in [4.78, 5) is 42.0. The van der Waals surface area contributed by atoms with Gasteiger partial charge in [-0.15, -0.1) is 0 Å². The number of benzene rings is 2. The molecule has 3 aliphatic heterocycles. The van der Waals surface area contributed by atoms with Crippen molar-refractivity contribution in [3.05, 3.63) is 57.6 Å². The Morgan fingerprint density at radius 1 is 1.09 bits per heavy atom. The van der Waals surface area contributed by atoms with Gasteiger partial charge in [-0.1, -0.05) is 24.3 Å². The van der Waals surface area contributed by atoms with Crippen LogP contribution in [0.15, 0.2) is 24.3 Å². The van der Waals surface area contributed by atoms with Crippen molar-refractivity contribution in [3.63, 3.8) is 0 Å². The van der Waals surface area contributed by atoms with Gasteiger partial charge in [-0.2, -0.15) is 0 Å². The lowest BCUT2D eigenvalue weighted by atomic mass is 9.72. The Morgan fingerprint density at radius 2 is 1.77 bits per heavy atom. The van der Waals surface area contributed by atoms with Gasteiger partial charge in [-0.25, -0.2) is 0 Å². The molecule has 3 heterocycles. The number of Topliss-reactive ketones (excluding diaryl/α,β-unsaturated/α-hetero) is 1. The van der Waals surface area contributed by atoms with Crippen LogP contribution in [0.5, 0.6) is 11.5 Å². The Morgan fingerprint density at radius 3 is 2.43 bits per heavy atom.